The number of ether oxygens (including phenoxy) is 4. The molecule has 1 heterocycles. The van der Waals surface area contributed by atoms with Crippen LogP contribution in [0.5, 0.6) is 11.5 Å². The Morgan fingerprint density at radius 1 is 1.05 bits per heavy atom. The minimum atomic E-state index is -0.931. The van der Waals surface area contributed by atoms with Crippen LogP contribution in [0.4, 0.5) is 10.5 Å². The number of amides is 2. The molecule has 6 atom stereocenters. The van der Waals surface area contributed by atoms with Gasteiger partial charge in [0.05, 0.1) is 25.0 Å². The predicted octanol–water partition coefficient (Wildman–Crippen LogP) is 4.94. The maximum Gasteiger partial charge on any atom is 0.405 e. The number of nitrogens with two attached hydrogens (primary N) is 1. The van der Waals surface area contributed by atoms with Gasteiger partial charge in [-0.2, -0.15) is 0 Å². The molecule has 1 aliphatic rings. The highest BCUT2D eigenvalue weighted by Gasteiger charge is 2.29. The molecular formula is C29H42N2O8. The Morgan fingerprint density at radius 2 is 1.74 bits per heavy atom. The number of rotatable bonds is 4. The minimum absolute atomic E-state index is 0.0277. The van der Waals surface area contributed by atoms with Gasteiger partial charge in [-0.15, -0.1) is 0 Å². The first kappa shape index (κ1) is 31.7. The van der Waals surface area contributed by atoms with Crippen LogP contribution in [0.2, 0.25) is 0 Å². The van der Waals surface area contributed by atoms with Crippen LogP contribution in [0.15, 0.2) is 47.8 Å². The molecule has 0 saturated heterocycles. The average molecular weight is 547 g/mol. The van der Waals surface area contributed by atoms with Crippen LogP contribution in [0.25, 0.3) is 0 Å². The van der Waals surface area contributed by atoms with Crippen LogP contribution in [0.1, 0.15) is 52.2 Å². The largest absolute Gasteiger partial charge is 0.508 e. The van der Waals surface area contributed by atoms with Gasteiger partial charge in [-0.25, -0.2) is 4.79 Å². The van der Waals surface area contributed by atoms with Crippen LogP contribution >= 0.6 is 0 Å². The number of hydrogen-bond donors (Lipinski definition) is 4. The zero-order chi connectivity index (χ0) is 29.3. The normalized spacial score (nSPS) is 30.7. The number of nitrogens with one attached hydrogen (secondary N) is 1. The zero-order valence-corrected chi connectivity index (χ0v) is 23.8. The number of fused-ring (bicyclic) bond motifs is 2. The van der Waals surface area contributed by atoms with Gasteiger partial charge in [-0.1, -0.05) is 39.0 Å². The summed E-state index contributed by atoms with van der Waals surface area (Å²) in [6.07, 6.45) is 5.59. The first-order valence-corrected chi connectivity index (χ1v) is 12.9. The van der Waals surface area contributed by atoms with E-state index >= 15 is 0 Å². The number of aromatic hydroxyl groups is 2. The van der Waals surface area contributed by atoms with E-state index in [1.54, 1.807) is 32.3 Å². The summed E-state index contributed by atoms with van der Waals surface area (Å²) in [7, 11) is 4.66. The van der Waals surface area contributed by atoms with Crippen molar-refractivity contribution in [2.45, 2.75) is 58.8 Å². The average Bonchev–Trinajstić information content (AvgIpc) is 2.87. The summed E-state index contributed by atoms with van der Waals surface area (Å²) in [5.74, 6) is -0.852. The zero-order valence-electron chi connectivity index (χ0n) is 23.8. The van der Waals surface area contributed by atoms with Crippen LogP contribution in [0.3, 0.4) is 0 Å². The molecule has 0 saturated carbocycles. The van der Waals surface area contributed by atoms with Crippen molar-refractivity contribution in [3.05, 3.63) is 53.3 Å². The molecule has 0 unspecified atom stereocenters. The third kappa shape index (κ3) is 8.76. The first-order valence-electron chi connectivity index (χ1n) is 12.9. The Labute approximate surface area is 230 Å². The third-order valence-corrected chi connectivity index (χ3v) is 6.86. The van der Waals surface area contributed by atoms with Crippen molar-refractivity contribution in [3.63, 3.8) is 0 Å². The lowest BCUT2D eigenvalue weighted by Gasteiger charge is -2.29. The number of carbonyl (C=O) groups is 2. The molecule has 10 nitrogen and oxygen atoms in total. The molecule has 2 bridgehead atoms. The second kappa shape index (κ2) is 14.6. The number of benzene rings is 1. The minimum Gasteiger partial charge on any atom is -0.508 e. The molecule has 0 spiro atoms. The lowest BCUT2D eigenvalue weighted by atomic mass is 9.88. The van der Waals surface area contributed by atoms with Gasteiger partial charge in [0.2, 0.25) is 0 Å². The molecule has 0 aliphatic carbocycles. The second-order valence-corrected chi connectivity index (χ2v) is 10.0. The summed E-state index contributed by atoms with van der Waals surface area (Å²) in [5, 5.41) is 24.1. The molecule has 1 aromatic rings. The van der Waals surface area contributed by atoms with Gasteiger partial charge < -0.3 is 40.2 Å². The van der Waals surface area contributed by atoms with Crippen molar-refractivity contribution < 1.29 is 38.7 Å². The predicted molar refractivity (Wildman–Crippen MR) is 148 cm³/mol. The van der Waals surface area contributed by atoms with Gasteiger partial charge in [-0.05, 0) is 43.7 Å². The van der Waals surface area contributed by atoms with E-state index < -0.39 is 24.2 Å². The van der Waals surface area contributed by atoms with Crippen LogP contribution in [0, 0.1) is 17.8 Å². The molecular weight excluding hydrogens is 504 g/mol. The number of methoxy groups -OCH3 is 3. The second-order valence-electron chi connectivity index (χ2n) is 10.0. The fourth-order valence-electron chi connectivity index (χ4n) is 4.81. The van der Waals surface area contributed by atoms with Gasteiger partial charge in [0.15, 0.2) is 6.10 Å². The summed E-state index contributed by atoms with van der Waals surface area (Å²) in [6.45, 7) is 7.41. The maximum atomic E-state index is 12.9. The topological polar surface area (TPSA) is 150 Å². The van der Waals surface area contributed by atoms with Gasteiger partial charge in [0.1, 0.15) is 17.3 Å². The van der Waals surface area contributed by atoms with Crippen LogP contribution < -0.4 is 11.1 Å². The summed E-state index contributed by atoms with van der Waals surface area (Å²) >= 11 is 0. The third-order valence-electron chi connectivity index (χ3n) is 6.86. The SMILES string of the molecule is CO/C1=C/[C@H](C)C[C@@H](OC)C[C@H](C)[C@@H](OC)c2cc(O)cc(c2O)NC(=O)/C(C)=C/C=C\[C@H](C)[C@H]1OC(N)=O. The molecule has 1 aromatic carbocycles. The van der Waals surface area contributed by atoms with E-state index in [1.807, 2.05) is 26.8 Å². The van der Waals surface area contributed by atoms with Gasteiger partial charge in [-0.3, -0.25) is 4.79 Å². The molecule has 5 N–H and O–H groups in total. The van der Waals surface area contributed by atoms with Crippen molar-refractivity contribution >= 4 is 17.7 Å². The summed E-state index contributed by atoms with van der Waals surface area (Å²) in [5.41, 5.74) is 6.11. The summed E-state index contributed by atoms with van der Waals surface area (Å²) in [4.78, 5) is 24.6. The Balaban J connectivity index is 2.61. The van der Waals surface area contributed by atoms with Crippen molar-refractivity contribution in [1.29, 1.82) is 0 Å². The van der Waals surface area contributed by atoms with Crippen LogP contribution in [-0.4, -0.2) is 55.8 Å². The molecule has 0 fully saturated rings. The highest BCUT2D eigenvalue weighted by molar-refractivity contribution is 6.04. The molecule has 2 amide bonds. The van der Waals surface area contributed by atoms with Crippen molar-refractivity contribution in [3.8, 4) is 11.5 Å². The Kier molecular flexibility index (Phi) is 11.9. The summed E-state index contributed by atoms with van der Waals surface area (Å²) in [6, 6.07) is 2.72. The number of phenols is 2. The smallest absolute Gasteiger partial charge is 0.405 e. The fourth-order valence-corrected chi connectivity index (χ4v) is 4.81. The van der Waals surface area contributed by atoms with Crippen LogP contribution in [-0.2, 0) is 23.7 Å². The van der Waals surface area contributed by atoms with E-state index in [0.717, 1.165) is 0 Å². The van der Waals surface area contributed by atoms with E-state index in [1.165, 1.54) is 26.4 Å². The number of anilines is 1. The molecule has 1 aliphatic heterocycles. The van der Waals surface area contributed by atoms with E-state index in [9.17, 15) is 19.8 Å². The Morgan fingerprint density at radius 3 is 2.33 bits per heavy atom. The van der Waals surface area contributed by atoms with Crippen molar-refractivity contribution in [2.24, 2.45) is 23.5 Å². The Bertz CT molecular complexity index is 1100. The van der Waals surface area contributed by atoms with E-state index in [0.29, 0.717) is 29.7 Å². The molecule has 2 rings (SSSR count). The van der Waals surface area contributed by atoms with Crippen molar-refractivity contribution in [1.82, 2.24) is 0 Å². The number of primary amides is 1. The highest BCUT2D eigenvalue weighted by atomic mass is 16.6. The van der Waals surface area contributed by atoms with Crippen molar-refractivity contribution in [2.75, 3.05) is 26.6 Å². The standard InChI is InChI=1S/C29H42N2O8/c1-16-11-21(36-5)13-19(4)26(38-7)22-14-20(32)15-23(25(22)33)31-28(34)18(3)10-8-9-17(2)27(39-29(30)35)24(12-16)37-6/h8-10,12,14-17,19,21,26-27,32-33H,11,13H2,1-7H3,(H2,30,35)(H,31,34)/b9-8-,18-10+,24-12+/t16-,17+,19+,21-,26-,27-/m1/s1. The highest BCUT2D eigenvalue weighted by Crippen LogP contribution is 2.41. The van der Waals surface area contributed by atoms with E-state index in [-0.39, 0.29) is 41.0 Å². The lowest BCUT2D eigenvalue weighted by Crippen LogP contribution is -2.30. The molecule has 39 heavy (non-hydrogen) atoms. The number of allylic oxidation sites excluding steroid dienone is 3. The molecule has 0 radical (unpaired) electrons. The molecule has 10 heteroatoms. The molecule has 216 valence electrons. The lowest BCUT2D eigenvalue weighted by molar-refractivity contribution is -0.112. The quantitative estimate of drug-likeness (QED) is 0.306. The monoisotopic (exact) mass is 546 g/mol. The van der Waals surface area contributed by atoms with E-state index in [2.05, 4.69) is 5.32 Å². The fraction of sp³-hybridized carbons (Fsp3) is 0.517. The number of hydrogen-bond acceptors (Lipinski definition) is 8. The maximum absolute atomic E-state index is 12.9. The number of phenolic OH excluding ortho intramolecular Hbond substituents is 2. The Hall–Kier alpha value is -3.50. The summed E-state index contributed by atoms with van der Waals surface area (Å²) < 4.78 is 22.6. The van der Waals surface area contributed by atoms with Gasteiger partial charge in [0.25, 0.3) is 5.91 Å². The molecule has 0 aromatic heterocycles. The number of carbonyl (C=O) groups excluding carboxylic acids is 2. The first-order chi connectivity index (χ1) is 18.4. The van der Waals surface area contributed by atoms with E-state index in [4.69, 9.17) is 24.7 Å². The van der Waals surface area contributed by atoms with Gasteiger partial charge in [0, 0.05) is 37.3 Å². The van der Waals surface area contributed by atoms with Gasteiger partial charge >= 0.3 is 6.09 Å².